The molecule has 1 atom stereocenters. The van der Waals surface area contributed by atoms with Crippen LogP contribution in [-0.2, 0) is 19.7 Å². The Morgan fingerprint density at radius 2 is 1.95 bits per heavy atom. The average molecular weight is 292 g/mol. The third-order valence-corrected chi connectivity index (χ3v) is 5.96. The number of carboxylic acids is 1. The second-order valence-corrected chi connectivity index (χ2v) is 7.04. The second-order valence-electron chi connectivity index (χ2n) is 5.05. The summed E-state index contributed by atoms with van der Waals surface area (Å²) in [7, 11) is -1.93. The fraction of sp³-hybridized carbons (Fsp3) is 0.909. The molecule has 1 unspecified atom stereocenters. The summed E-state index contributed by atoms with van der Waals surface area (Å²) in [5, 5.41) is 8.91. The fourth-order valence-corrected chi connectivity index (χ4v) is 4.09. The molecule has 0 spiro atoms. The molecule has 110 valence electrons. The highest BCUT2D eigenvalue weighted by molar-refractivity contribution is 7.86. The Labute approximate surface area is 113 Å². The van der Waals surface area contributed by atoms with E-state index in [4.69, 9.17) is 9.84 Å². The molecule has 7 nitrogen and oxygen atoms in total. The molecule has 0 radical (unpaired) electrons. The smallest absolute Gasteiger partial charge is 0.306 e. The first-order valence-corrected chi connectivity index (χ1v) is 7.86. The summed E-state index contributed by atoms with van der Waals surface area (Å²) in [6, 6.07) is -0.109. The van der Waals surface area contributed by atoms with Crippen molar-refractivity contribution in [1.29, 1.82) is 0 Å². The van der Waals surface area contributed by atoms with E-state index in [0.29, 0.717) is 32.5 Å². The molecule has 2 aliphatic rings. The van der Waals surface area contributed by atoms with Gasteiger partial charge in [-0.2, -0.15) is 17.0 Å². The van der Waals surface area contributed by atoms with Crippen molar-refractivity contribution in [3.05, 3.63) is 0 Å². The van der Waals surface area contributed by atoms with Crippen LogP contribution in [0, 0.1) is 5.92 Å². The van der Waals surface area contributed by atoms with Gasteiger partial charge in [-0.15, -0.1) is 0 Å². The first-order chi connectivity index (χ1) is 8.93. The molecule has 0 aromatic rings. The van der Waals surface area contributed by atoms with Crippen molar-refractivity contribution in [1.82, 2.24) is 8.61 Å². The molecule has 0 aromatic heterocycles. The van der Waals surface area contributed by atoms with Gasteiger partial charge in [0, 0.05) is 26.7 Å². The Balaban J connectivity index is 1.98. The SMILES string of the molecule is CN(C1CCOC1)S(=O)(=O)N1CCC(C(=O)O)CC1. The summed E-state index contributed by atoms with van der Waals surface area (Å²) in [6.07, 6.45) is 1.47. The number of hydrogen-bond donors (Lipinski definition) is 1. The highest BCUT2D eigenvalue weighted by atomic mass is 32.2. The fourth-order valence-electron chi connectivity index (χ4n) is 2.51. The van der Waals surface area contributed by atoms with Gasteiger partial charge in [0.1, 0.15) is 0 Å². The Morgan fingerprint density at radius 3 is 2.42 bits per heavy atom. The van der Waals surface area contributed by atoms with E-state index in [1.54, 1.807) is 7.05 Å². The van der Waals surface area contributed by atoms with Crippen LogP contribution in [0.25, 0.3) is 0 Å². The van der Waals surface area contributed by atoms with Crippen LogP contribution < -0.4 is 0 Å². The van der Waals surface area contributed by atoms with E-state index in [1.165, 1.54) is 8.61 Å². The molecule has 8 heteroatoms. The van der Waals surface area contributed by atoms with Crippen LogP contribution in [0.2, 0.25) is 0 Å². The average Bonchev–Trinajstić information content (AvgIpc) is 2.91. The lowest BCUT2D eigenvalue weighted by Crippen LogP contribution is -2.49. The summed E-state index contributed by atoms with van der Waals surface area (Å²) in [4.78, 5) is 10.9. The van der Waals surface area contributed by atoms with Gasteiger partial charge in [0.25, 0.3) is 10.2 Å². The molecule has 0 aromatic carbocycles. The summed E-state index contributed by atoms with van der Waals surface area (Å²) < 4.78 is 32.7. The van der Waals surface area contributed by atoms with Crippen LogP contribution in [0.15, 0.2) is 0 Å². The van der Waals surface area contributed by atoms with Gasteiger partial charge in [0.15, 0.2) is 0 Å². The lowest BCUT2D eigenvalue weighted by atomic mass is 9.99. The van der Waals surface area contributed by atoms with Gasteiger partial charge in [-0.1, -0.05) is 0 Å². The predicted octanol–water partition coefficient (Wildman–Crippen LogP) is -0.251. The van der Waals surface area contributed by atoms with E-state index < -0.39 is 22.1 Å². The van der Waals surface area contributed by atoms with E-state index in [9.17, 15) is 13.2 Å². The van der Waals surface area contributed by atoms with Gasteiger partial charge < -0.3 is 9.84 Å². The molecular weight excluding hydrogens is 272 g/mol. The van der Waals surface area contributed by atoms with Crippen LogP contribution in [0.5, 0.6) is 0 Å². The number of hydrogen-bond acceptors (Lipinski definition) is 4. The first kappa shape index (κ1) is 14.7. The van der Waals surface area contributed by atoms with Crippen molar-refractivity contribution >= 4 is 16.2 Å². The topological polar surface area (TPSA) is 87.2 Å². The Kier molecular flexibility index (Phi) is 4.44. The molecule has 0 amide bonds. The van der Waals surface area contributed by atoms with Crippen molar-refractivity contribution in [3.8, 4) is 0 Å². The van der Waals surface area contributed by atoms with Gasteiger partial charge >= 0.3 is 5.97 Å². The third-order valence-electron chi connectivity index (χ3n) is 3.91. The summed E-state index contributed by atoms with van der Waals surface area (Å²) in [5.41, 5.74) is 0. The summed E-state index contributed by atoms with van der Waals surface area (Å²) in [6.45, 7) is 1.57. The molecule has 2 saturated heterocycles. The molecule has 2 aliphatic heterocycles. The number of aliphatic carboxylic acids is 1. The largest absolute Gasteiger partial charge is 0.481 e. The Morgan fingerprint density at radius 1 is 1.32 bits per heavy atom. The number of ether oxygens (including phenoxy) is 1. The van der Waals surface area contributed by atoms with Crippen molar-refractivity contribution < 1.29 is 23.1 Å². The number of likely N-dealkylation sites (N-methyl/N-ethyl adjacent to an activating group) is 1. The molecule has 2 heterocycles. The number of carbonyl (C=O) groups is 1. The van der Waals surface area contributed by atoms with Gasteiger partial charge in [0.05, 0.1) is 18.6 Å². The normalized spacial score (nSPS) is 26.9. The van der Waals surface area contributed by atoms with Gasteiger partial charge in [-0.3, -0.25) is 4.79 Å². The monoisotopic (exact) mass is 292 g/mol. The Bertz CT molecular complexity index is 424. The van der Waals surface area contributed by atoms with Gasteiger partial charge in [-0.05, 0) is 19.3 Å². The second kappa shape index (κ2) is 5.74. The highest BCUT2D eigenvalue weighted by Gasteiger charge is 2.36. The van der Waals surface area contributed by atoms with Crippen LogP contribution in [0.1, 0.15) is 19.3 Å². The zero-order chi connectivity index (χ0) is 14.0. The number of carboxylic acid groups (broad SMARTS) is 1. The molecule has 2 rings (SSSR count). The molecule has 0 saturated carbocycles. The van der Waals surface area contributed by atoms with Crippen molar-refractivity contribution in [2.75, 3.05) is 33.4 Å². The van der Waals surface area contributed by atoms with E-state index in [0.717, 1.165) is 0 Å². The highest BCUT2D eigenvalue weighted by Crippen LogP contribution is 2.23. The number of rotatable bonds is 4. The minimum atomic E-state index is -3.50. The third kappa shape index (κ3) is 3.07. The molecule has 0 bridgehead atoms. The van der Waals surface area contributed by atoms with Crippen LogP contribution in [-0.4, -0.2) is 67.5 Å². The molecule has 19 heavy (non-hydrogen) atoms. The predicted molar refractivity (Wildman–Crippen MR) is 67.8 cm³/mol. The van der Waals surface area contributed by atoms with Crippen LogP contribution >= 0.6 is 0 Å². The maximum atomic E-state index is 12.4. The zero-order valence-electron chi connectivity index (χ0n) is 11.0. The quantitative estimate of drug-likeness (QED) is 0.772. The van der Waals surface area contributed by atoms with E-state index >= 15 is 0 Å². The van der Waals surface area contributed by atoms with Gasteiger partial charge in [-0.25, -0.2) is 0 Å². The minimum Gasteiger partial charge on any atom is -0.481 e. The molecule has 2 fully saturated rings. The standard InChI is InChI=1S/C11H20N2O5S/c1-12(10-4-7-18-8-10)19(16,17)13-5-2-9(3-6-13)11(14)15/h9-10H,2-8H2,1H3,(H,14,15). The van der Waals surface area contributed by atoms with Crippen molar-refractivity contribution in [3.63, 3.8) is 0 Å². The van der Waals surface area contributed by atoms with Gasteiger partial charge in [0.2, 0.25) is 0 Å². The lowest BCUT2D eigenvalue weighted by molar-refractivity contribution is -0.142. The van der Waals surface area contributed by atoms with Crippen LogP contribution in [0.4, 0.5) is 0 Å². The maximum Gasteiger partial charge on any atom is 0.306 e. The van der Waals surface area contributed by atoms with Crippen molar-refractivity contribution in [2.45, 2.75) is 25.3 Å². The minimum absolute atomic E-state index is 0.109. The molecule has 0 aliphatic carbocycles. The Hall–Kier alpha value is -0.700. The molecule has 1 N–H and O–H groups in total. The lowest BCUT2D eigenvalue weighted by Gasteiger charge is -2.34. The van der Waals surface area contributed by atoms with E-state index in [1.807, 2.05) is 0 Å². The van der Waals surface area contributed by atoms with Crippen molar-refractivity contribution in [2.24, 2.45) is 5.92 Å². The summed E-state index contributed by atoms with van der Waals surface area (Å²) in [5.74, 6) is -1.26. The zero-order valence-corrected chi connectivity index (χ0v) is 11.8. The van der Waals surface area contributed by atoms with E-state index in [2.05, 4.69) is 0 Å². The van der Waals surface area contributed by atoms with E-state index in [-0.39, 0.29) is 19.1 Å². The number of piperidine rings is 1. The van der Waals surface area contributed by atoms with Crippen LogP contribution in [0.3, 0.4) is 0 Å². The first-order valence-electron chi connectivity index (χ1n) is 6.46. The maximum absolute atomic E-state index is 12.4. The molecular formula is C11H20N2O5S. The number of nitrogens with zero attached hydrogens (tertiary/aromatic N) is 2. The summed E-state index contributed by atoms with van der Waals surface area (Å²) >= 11 is 0.